The topological polar surface area (TPSA) is 24.9 Å². The summed E-state index contributed by atoms with van der Waals surface area (Å²) in [6, 6.07) is 8.97. The summed E-state index contributed by atoms with van der Waals surface area (Å²) in [7, 11) is 1.93. The lowest BCUT2D eigenvalue weighted by Gasteiger charge is -2.19. The molecule has 0 radical (unpaired) electrons. The first-order valence-electron chi connectivity index (χ1n) is 6.14. The summed E-state index contributed by atoms with van der Waals surface area (Å²) >= 11 is 3.41. The Morgan fingerprint density at radius 2 is 2.16 bits per heavy atom. The third-order valence-corrected chi connectivity index (χ3v) is 3.95. The van der Waals surface area contributed by atoms with E-state index in [-0.39, 0.29) is 11.9 Å². The van der Waals surface area contributed by atoms with Crippen molar-refractivity contribution in [3.63, 3.8) is 0 Å². The van der Waals surface area contributed by atoms with Gasteiger partial charge in [0.15, 0.2) is 0 Å². The van der Waals surface area contributed by atoms with Gasteiger partial charge in [-0.05, 0) is 49.7 Å². The van der Waals surface area contributed by atoms with Crippen molar-refractivity contribution in [2.75, 3.05) is 7.05 Å². The van der Waals surface area contributed by atoms with Gasteiger partial charge in [-0.15, -0.1) is 0 Å². The van der Waals surface area contributed by atoms with Crippen molar-refractivity contribution in [1.82, 2.24) is 10.3 Å². The predicted molar refractivity (Wildman–Crippen MR) is 78.6 cm³/mol. The van der Waals surface area contributed by atoms with Crippen LogP contribution in [0.5, 0.6) is 0 Å². The summed E-state index contributed by atoms with van der Waals surface area (Å²) < 4.78 is 13.9. The molecule has 0 bridgehead atoms. The fraction of sp³-hybridized carbons (Fsp3) is 0.267. The molecule has 19 heavy (non-hydrogen) atoms. The predicted octanol–water partition coefficient (Wildman–Crippen LogP) is 3.79. The van der Waals surface area contributed by atoms with E-state index in [1.54, 1.807) is 6.20 Å². The molecule has 1 aromatic heterocycles. The van der Waals surface area contributed by atoms with Gasteiger partial charge in [0.2, 0.25) is 0 Å². The van der Waals surface area contributed by atoms with Gasteiger partial charge >= 0.3 is 0 Å². The van der Waals surface area contributed by atoms with E-state index in [1.165, 1.54) is 17.7 Å². The molecule has 2 nitrogen and oxygen atoms in total. The number of benzene rings is 1. The van der Waals surface area contributed by atoms with E-state index in [0.717, 1.165) is 22.2 Å². The van der Waals surface area contributed by atoms with Crippen molar-refractivity contribution in [3.05, 3.63) is 63.6 Å². The number of hydrogen-bond donors (Lipinski definition) is 1. The summed E-state index contributed by atoms with van der Waals surface area (Å²) in [5.74, 6) is -0.228. The van der Waals surface area contributed by atoms with Crippen LogP contribution >= 0.6 is 15.9 Å². The Kier molecular flexibility index (Phi) is 4.66. The van der Waals surface area contributed by atoms with E-state index >= 15 is 0 Å². The summed E-state index contributed by atoms with van der Waals surface area (Å²) in [5, 5.41) is 3.29. The minimum atomic E-state index is -0.228. The largest absolute Gasteiger partial charge is 0.313 e. The van der Waals surface area contributed by atoms with Crippen LogP contribution in [0.2, 0.25) is 0 Å². The molecule has 0 amide bonds. The van der Waals surface area contributed by atoms with Crippen molar-refractivity contribution in [1.29, 1.82) is 0 Å². The van der Waals surface area contributed by atoms with Crippen molar-refractivity contribution in [2.45, 2.75) is 19.4 Å². The number of halogens is 2. The molecule has 1 atom stereocenters. The number of hydrogen-bond acceptors (Lipinski definition) is 2. The number of aryl methyl sites for hydroxylation is 1. The minimum Gasteiger partial charge on any atom is -0.313 e. The number of nitrogens with one attached hydrogen (secondary N) is 1. The lowest BCUT2D eigenvalue weighted by Crippen LogP contribution is -2.20. The first kappa shape index (κ1) is 14.2. The van der Waals surface area contributed by atoms with Crippen LogP contribution in [0.3, 0.4) is 0 Å². The third kappa shape index (κ3) is 3.39. The monoisotopic (exact) mass is 322 g/mol. The van der Waals surface area contributed by atoms with Crippen molar-refractivity contribution < 1.29 is 4.39 Å². The van der Waals surface area contributed by atoms with Gasteiger partial charge < -0.3 is 5.32 Å². The lowest BCUT2D eigenvalue weighted by molar-refractivity contribution is 0.582. The highest BCUT2D eigenvalue weighted by atomic mass is 79.9. The second kappa shape index (κ2) is 6.26. The first-order chi connectivity index (χ1) is 9.11. The number of nitrogens with zero attached hydrogens (tertiary/aromatic N) is 1. The molecular formula is C15H16BrFN2. The first-order valence-corrected chi connectivity index (χ1v) is 6.94. The maximum atomic E-state index is 13.1. The van der Waals surface area contributed by atoms with Gasteiger partial charge in [-0.3, -0.25) is 4.98 Å². The number of pyridine rings is 1. The molecule has 0 spiro atoms. The molecule has 100 valence electrons. The highest BCUT2D eigenvalue weighted by molar-refractivity contribution is 9.10. The van der Waals surface area contributed by atoms with Crippen LogP contribution in [-0.2, 0) is 6.42 Å². The molecule has 0 fully saturated rings. The maximum Gasteiger partial charge on any atom is 0.124 e. The number of rotatable bonds is 4. The minimum absolute atomic E-state index is 0.162. The zero-order valence-corrected chi connectivity index (χ0v) is 12.5. The van der Waals surface area contributed by atoms with E-state index in [2.05, 4.69) is 32.3 Å². The normalized spacial score (nSPS) is 12.4. The van der Waals surface area contributed by atoms with Gasteiger partial charge in [-0.2, -0.15) is 0 Å². The van der Waals surface area contributed by atoms with E-state index < -0.39 is 0 Å². The van der Waals surface area contributed by atoms with Crippen molar-refractivity contribution in [3.8, 4) is 0 Å². The molecule has 2 rings (SSSR count). The van der Waals surface area contributed by atoms with Gasteiger partial charge in [0.1, 0.15) is 5.82 Å². The molecule has 2 aromatic rings. The summed E-state index contributed by atoms with van der Waals surface area (Å²) in [5.41, 5.74) is 3.25. The van der Waals surface area contributed by atoms with Crippen LogP contribution in [0, 0.1) is 12.7 Å². The quantitative estimate of drug-likeness (QED) is 0.926. The van der Waals surface area contributed by atoms with Gasteiger partial charge in [0, 0.05) is 22.4 Å². The Bertz CT molecular complexity index is 572. The van der Waals surface area contributed by atoms with Crippen LogP contribution in [0.1, 0.15) is 22.9 Å². The van der Waals surface area contributed by atoms with Gasteiger partial charge in [0.05, 0.1) is 0 Å². The highest BCUT2D eigenvalue weighted by Crippen LogP contribution is 2.25. The molecule has 1 aromatic carbocycles. The number of aromatic nitrogens is 1. The highest BCUT2D eigenvalue weighted by Gasteiger charge is 2.14. The van der Waals surface area contributed by atoms with Crippen molar-refractivity contribution >= 4 is 15.9 Å². The Balaban J connectivity index is 2.27. The average molecular weight is 323 g/mol. The Morgan fingerprint density at radius 3 is 2.79 bits per heavy atom. The summed E-state index contributed by atoms with van der Waals surface area (Å²) in [6.45, 7) is 2.00. The average Bonchev–Trinajstić information content (AvgIpc) is 2.39. The van der Waals surface area contributed by atoms with E-state index in [9.17, 15) is 4.39 Å². The van der Waals surface area contributed by atoms with Crippen LogP contribution in [-0.4, -0.2) is 12.0 Å². The zero-order chi connectivity index (χ0) is 13.8. The Morgan fingerprint density at radius 1 is 1.37 bits per heavy atom. The SMILES string of the molecule is CNC(Cc1ccc(F)cc1Br)c1cccnc1C. The van der Waals surface area contributed by atoms with E-state index in [0.29, 0.717) is 0 Å². The standard InChI is InChI=1S/C15H16BrFN2/c1-10-13(4-3-7-19-10)15(18-2)8-11-5-6-12(17)9-14(11)16/h3-7,9,15,18H,8H2,1-2H3. The second-order valence-electron chi connectivity index (χ2n) is 4.46. The maximum absolute atomic E-state index is 13.1. The summed E-state index contributed by atoms with van der Waals surface area (Å²) in [6.07, 6.45) is 2.57. The lowest BCUT2D eigenvalue weighted by atomic mass is 9.98. The van der Waals surface area contributed by atoms with Gasteiger partial charge in [-0.25, -0.2) is 4.39 Å². The molecule has 0 aliphatic carbocycles. The van der Waals surface area contributed by atoms with Crippen LogP contribution < -0.4 is 5.32 Å². The van der Waals surface area contributed by atoms with E-state index in [4.69, 9.17) is 0 Å². The third-order valence-electron chi connectivity index (χ3n) is 3.21. The molecule has 0 aliphatic rings. The van der Waals surface area contributed by atoms with E-state index in [1.807, 2.05) is 26.1 Å². The van der Waals surface area contributed by atoms with Gasteiger partial charge in [-0.1, -0.05) is 28.1 Å². The molecule has 0 saturated carbocycles. The molecule has 1 heterocycles. The zero-order valence-electron chi connectivity index (χ0n) is 11.0. The molecule has 1 N–H and O–H groups in total. The smallest absolute Gasteiger partial charge is 0.124 e. The molecule has 0 saturated heterocycles. The van der Waals surface area contributed by atoms with Crippen molar-refractivity contribution in [2.24, 2.45) is 0 Å². The molecule has 1 unspecified atom stereocenters. The summed E-state index contributed by atoms with van der Waals surface area (Å²) in [4.78, 5) is 4.31. The second-order valence-corrected chi connectivity index (χ2v) is 5.31. The number of likely N-dealkylation sites (N-methyl/N-ethyl adjacent to an activating group) is 1. The Hall–Kier alpha value is -1.26. The fourth-order valence-electron chi connectivity index (χ4n) is 2.14. The van der Waals surface area contributed by atoms with Crippen LogP contribution in [0.25, 0.3) is 0 Å². The molecular weight excluding hydrogens is 307 g/mol. The Labute approximate surface area is 121 Å². The molecule has 4 heteroatoms. The van der Waals surface area contributed by atoms with Gasteiger partial charge in [0.25, 0.3) is 0 Å². The van der Waals surface area contributed by atoms with Crippen LogP contribution in [0.4, 0.5) is 4.39 Å². The molecule has 0 aliphatic heterocycles. The van der Waals surface area contributed by atoms with Crippen LogP contribution in [0.15, 0.2) is 41.0 Å². The fourth-order valence-corrected chi connectivity index (χ4v) is 2.65.